The Morgan fingerprint density at radius 2 is 2.15 bits per heavy atom. The van der Waals surface area contributed by atoms with Gasteiger partial charge in [0, 0.05) is 0 Å². The number of ether oxygens (including phenoxy) is 1. The molecule has 0 saturated carbocycles. The highest BCUT2D eigenvalue weighted by molar-refractivity contribution is 5.65. The standard InChI is InChI=1S/C11H10O2/c12-10-6-4-7-11-9(10)5-2-1-3-8-13-11/h1-7,12H,8H2. The van der Waals surface area contributed by atoms with Crippen molar-refractivity contribution in [1.82, 2.24) is 0 Å². The molecule has 66 valence electrons. The van der Waals surface area contributed by atoms with E-state index in [2.05, 4.69) is 0 Å². The minimum absolute atomic E-state index is 0.254. The summed E-state index contributed by atoms with van der Waals surface area (Å²) in [6.07, 6.45) is 7.54. The third-order valence-electron chi connectivity index (χ3n) is 1.89. The van der Waals surface area contributed by atoms with E-state index in [0.717, 1.165) is 11.3 Å². The van der Waals surface area contributed by atoms with Crippen LogP contribution in [0, 0.1) is 0 Å². The second kappa shape index (κ2) is 3.35. The summed E-state index contributed by atoms with van der Waals surface area (Å²) in [5, 5.41) is 9.52. The molecule has 2 heteroatoms. The van der Waals surface area contributed by atoms with Crippen molar-refractivity contribution in [3.63, 3.8) is 0 Å². The molecule has 0 aromatic heterocycles. The maximum Gasteiger partial charge on any atom is 0.130 e. The van der Waals surface area contributed by atoms with E-state index in [1.165, 1.54) is 0 Å². The van der Waals surface area contributed by atoms with Gasteiger partial charge in [-0.2, -0.15) is 0 Å². The summed E-state index contributed by atoms with van der Waals surface area (Å²) in [6.45, 7) is 0.542. The zero-order chi connectivity index (χ0) is 9.10. The van der Waals surface area contributed by atoms with Crippen molar-refractivity contribution in [3.8, 4) is 11.5 Å². The summed E-state index contributed by atoms with van der Waals surface area (Å²) in [7, 11) is 0. The van der Waals surface area contributed by atoms with Crippen LogP contribution in [-0.4, -0.2) is 11.7 Å². The number of aromatic hydroxyl groups is 1. The first-order valence-corrected chi connectivity index (χ1v) is 4.16. The monoisotopic (exact) mass is 174 g/mol. The Kier molecular flexibility index (Phi) is 2.04. The first kappa shape index (κ1) is 7.92. The number of phenolic OH excluding ortho intramolecular Hbond substituents is 1. The van der Waals surface area contributed by atoms with Crippen molar-refractivity contribution in [2.45, 2.75) is 0 Å². The fourth-order valence-electron chi connectivity index (χ4n) is 1.25. The fourth-order valence-corrected chi connectivity index (χ4v) is 1.25. The van der Waals surface area contributed by atoms with Gasteiger partial charge in [0.05, 0.1) is 5.56 Å². The fraction of sp³-hybridized carbons (Fsp3) is 0.0909. The van der Waals surface area contributed by atoms with Gasteiger partial charge in [0.15, 0.2) is 0 Å². The molecule has 0 aliphatic carbocycles. The number of fused-ring (bicyclic) bond motifs is 1. The lowest BCUT2D eigenvalue weighted by molar-refractivity contribution is 0.358. The van der Waals surface area contributed by atoms with E-state index < -0.39 is 0 Å². The van der Waals surface area contributed by atoms with Gasteiger partial charge in [0.25, 0.3) is 0 Å². The Labute approximate surface area is 76.8 Å². The van der Waals surface area contributed by atoms with E-state index in [-0.39, 0.29) is 5.75 Å². The molecule has 0 spiro atoms. The van der Waals surface area contributed by atoms with E-state index >= 15 is 0 Å². The van der Waals surface area contributed by atoms with Gasteiger partial charge in [0.1, 0.15) is 18.1 Å². The van der Waals surface area contributed by atoms with Crippen LogP contribution in [0.15, 0.2) is 36.4 Å². The molecule has 0 amide bonds. The van der Waals surface area contributed by atoms with Crippen LogP contribution in [0.25, 0.3) is 6.08 Å². The molecular weight excluding hydrogens is 164 g/mol. The van der Waals surface area contributed by atoms with Crippen LogP contribution >= 0.6 is 0 Å². The third-order valence-corrected chi connectivity index (χ3v) is 1.89. The molecule has 13 heavy (non-hydrogen) atoms. The molecule has 1 N–H and O–H groups in total. The molecule has 0 unspecified atom stereocenters. The zero-order valence-electron chi connectivity index (χ0n) is 7.10. The Morgan fingerprint density at radius 3 is 3.08 bits per heavy atom. The Morgan fingerprint density at radius 1 is 1.23 bits per heavy atom. The second-order valence-electron chi connectivity index (χ2n) is 2.79. The van der Waals surface area contributed by atoms with E-state index in [0.29, 0.717) is 6.61 Å². The minimum atomic E-state index is 0.254. The number of benzene rings is 1. The predicted molar refractivity (Wildman–Crippen MR) is 51.8 cm³/mol. The van der Waals surface area contributed by atoms with Gasteiger partial charge in [-0.05, 0) is 24.3 Å². The molecule has 1 aromatic rings. The van der Waals surface area contributed by atoms with E-state index in [1.54, 1.807) is 12.1 Å². The molecule has 0 atom stereocenters. The summed E-state index contributed by atoms with van der Waals surface area (Å²) in [4.78, 5) is 0. The van der Waals surface area contributed by atoms with Crippen LogP contribution in [0.2, 0.25) is 0 Å². The van der Waals surface area contributed by atoms with Crippen LogP contribution in [-0.2, 0) is 0 Å². The van der Waals surface area contributed by atoms with E-state index in [9.17, 15) is 5.11 Å². The van der Waals surface area contributed by atoms with Gasteiger partial charge in [-0.1, -0.05) is 18.2 Å². The summed E-state index contributed by atoms with van der Waals surface area (Å²) < 4.78 is 5.41. The van der Waals surface area contributed by atoms with Crippen molar-refractivity contribution in [2.75, 3.05) is 6.61 Å². The van der Waals surface area contributed by atoms with E-state index in [1.807, 2.05) is 30.4 Å². The van der Waals surface area contributed by atoms with Gasteiger partial charge in [-0.25, -0.2) is 0 Å². The third kappa shape index (κ3) is 1.56. The van der Waals surface area contributed by atoms with Gasteiger partial charge in [-0.15, -0.1) is 0 Å². The average molecular weight is 174 g/mol. The summed E-state index contributed by atoms with van der Waals surface area (Å²) in [5.74, 6) is 0.977. The molecule has 1 aromatic carbocycles. The van der Waals surface area contributed by atoms with Crippen molar-refractivity contribution in [2.24, 2.45) is 0 Å². The van der Waals surface area contributed by atoms with Crippen LogP contribution < -0.4 is 4.74 Å². The Bertz CT molecular complexity index is 364. The summed E-state index contributed by atoms with van der Waals surface area (Å²) in [5.41, 5.74) is 0.742. The molecular formula is C11H10O2. The summed E-state index contributed by atoms with van der Waals surface area (Å²) in [6, 6.07) is 5.27. The first-order valence-electron chi connectivity index (χ1n) is 4.16. The van der Waals surface area contributed by atoms with Crippen molar-refractivity contribution in [1.29, 1.82) is 0 Å². The van der Waals surface area contributed by atoms with Crippen molar-refractivity contribution >= 4 is 6.08 Å². The van der Waals surface area contributed by atoms with Gasteiger partial charge < -0.3 is 9.84 Å². The quantitative estimate of drug-likeness (QED) is 0.654. The maximum absolute atomic E-state index is 9.52. The number of phenols is 1. The molecule has 0 fully saturated rings. The first-order chi connectivity index (χ1) is 6.38. The average Bonchev–Trinajstić information content (AvgIpc) is 2.07. The lowest BCUT2D eigenvalue weighted by atomic mass is 10.1. The van der Waals surface area contributed by atoms with Crippen molar-refractivity contribution in [3.05, 3.63) is 42.0 Å². The predicted octanol–water partition coefficient (Wildman–Crippen LogP) is 2.35. The smallest absolute Gasteiger partial charge is 0.130 e. The van der Waals surface area contributed by atoms with Gasteiger partial charge in [0.2, 0.25) is 0 Å². The molecule has 0 saturated heterocycles. The van der Waals surface area contributed by atoms with Crippen molar-refractivity contribution < 1.29 is 9.84 Å². The van der Waals surface area contributed by atoms with Crippen LogP contribution in [0.5, 0.6) is 11.5 Å². The SMILES string of the molecule is Oc1cccc2c1C=CC=CCO2. The zero-order valence-corrected chi connectivity index (χ0v) is 7.10. The van der Waals surface area contributed by atoms with E-state index in [4.69, 9.17) is 4.74 Å². The Hall–Kier alpha value is -1.70. The number of hydrogen-bond acceptors (Lipinski definition) is 2. The molecule has 0 radical (unpaired) electrons. The highest BCUT2D eigenvalue weighted by atomic mass is 16.5. The number of rotatable bonds is 0. The molecule has 1 heterocycles. The van der Waals surface area contributed by atoms with Gasteiger partial charge >= 0.3 is 0 Å². The maximum atomic E-state index is 9.52. The highest BCUT2D eigenvalue weighted by Crippen LogP contribution is 2.29. The molecule has 1 aliphatic rings. The molecule has 2 rings (SSSR count). The largest absolute Gasteiger partial charge is 0.507 e. The normalized spacial score (nSPS) is 14.2. The number of hydrogen-bond donors (Lipinski definition) is 1. The number of allylic oxidation sites excluding steroid dienone is 2. The van der Waals surface area contributed by atoms with Crippen LogP contribution in [0.4, 0.5) is 0 Å². The lowest BCUT2D eigenvalue weighted by Gasteiger charge is -2.09. The minimum Gasteiger partial charge on any atom is -0.507 e. The highest BCUT2D eigenvalue weighted by Gasteiger charge is 2.05. The van der Waals surface area contributed by atoms with Crippen LogP contribution in [0.3, 0.4) is 0 Å². The summed E-state index contributed by atoms with van der Waals surface area (Å²) >= 11 is 0. The molecule has 0 bridgehead atoms. The Balaban J connectivity index is 2.51. The lowest BCUT2D eigenvalue weighted by Crippen LogP contribution is -1.96. The second-order valence-corrected chi connectivity index (χ2v) is 2.79. The van der Waals surface area contributed by atoms with Crippen LogP contribution in [0.1, 0.15) is 5.56 Å². The topological polar surface area (TPSA) is 29.5 Å². The van der Waals surface area contributed by atoms with Gasteiger partial charge in [-0.3, -0.25) is 0 Å². The molecule has 1 aliphatic heterocycles. The molecule has 2 nitrogen and oxygen atoms in total.